The molecule has 6 rings (SSSR count). The highest BCUT2D eigenvalue weighted by Crippen LogP contribution is 2.91. The van der Waals surface area contributed by atoms with Crippen LogP contribution in [0.4, 0.5) is 0 Å². The van der Waals surface area contributed by atoms with Crippen molar-refractivity contribution in [3.8, 4) is 0 Å². The molecule has 282 valence electrons. The van der Waals surface area contributed by atoms with Crippen LogP contribution in [0.2, 0.25) is 0 Å². The number of carbonyl (C=O) groups is 1. The van der Waals surface area contributed by atoms with Crippen LogP contribution in [-0.4, -0.2) is 109 Å². The molecule has 5 aliphatic carbocycles. The maximum Gasteiger partial charge on any atom is 0.302 e. The first kappa shape index (κ1) is 37.9. The van der Waals surface area contributed by atoms with Gasteiger partial charge >= 0.3 is 5.97 Å². The first-order valence-electron chi connectivity index (χ1n) is 18.8. The zero-order valence-corrected chi connectivity index (χ0v) is 30.8. The molecule has 1 saturated heterocycles. The summed E-state index contributed by atoms with van der Waals surface area (Å²) >= 11 is 0. The highest BCUT2D eigenvalue weighted by atomic mass is 16.7. The van der Waals surface area contributed by atoms with E-state index in [4.69, 9.17) is 14.2 Å². The van der Waals surface area contributed by atoms with E-state index >= 15 is 0 Å². The lowest BCUT2D eigenvalue weighted by molar-refractivity contribution is -0.344. The Labute approximate surface area is 291 Å². The molecule has 6 aliphatic rings. The van der Waals surface area contributed by atoms with Crippen LogP contribution in [-0.2, 0) is 19.0 Å². The lowest BCUT2D eigenvalue weighted by Gasteiger charge is -2.69. The predicted molar refractivity (Wildman–Crippen MR) is 179 cm³/mol. The average molecular weight is 697 g/mol. The molecule has 5 saturated carbocycles. The zero-order chi connectivity index (χ0) is 36.3. The van der Waals surface area contributed by atoms with Crippen molar-refractivity contribution in [1.29, 1.82) is 0 Å². The molecule has 1 heterocycles. The molecule has 6 fully saturated rings. The number of esters is 1. The van der Waals surface area contributed by atoms with Crippen molar-refractivity contribution in [1.82, 2.24) is 0 Å². The molecule has 0 aromatic heterocycles. The van der Waals surface area contributed by atoms with Crippen molar-refractivity contribution in [2.45, 2.75) is 174 Å². The molecule has 49 heavy (non-hydrogen) atoms. The van der Waals surface area contributed by atoms with Gasteiger partial charge in [-0.2, -0.15) is 0 Å². The number of aliphatic hydroxyl groups is 7. The summed E-state index contributed by atoms with van der Waals surface area (Å²) in [5.74, 6) is 0.513. The largest absolute Gasteiger partial charge is 0.462 e. The Hall–Kier alpha value is -0.890. The van der Waals surface area contributed by atoms with Crippen LogP contribution < -0.4 is 0 Å². The maximum absolute atomic E-state index is 12.2. The lowest BCUT2D eigenvalue weighted by atomic mass is 9.37. The quantitative estimate of drug-likeness (QED) is 0.139. The summed E-state index contributed by atoms with van der Waals surface area (Å²) in [5.41, 5.74) is -2.24. The summed E-state index contributed by atoms with van der Waals surface area (Å²) in [6.07, 6.45) is -2.03. The molecule has 17 atom stereocenters. The summed E-state index contributed by atoms with van der Waals surface area (Å²) in [4.78, 5) is 12.2. The minimum Gasteiger partial charge on any atom is -0.462 e. The van der Waals surface area contributed by atoms with Gasteiger partial charge in [0.2, 0.25) is 0 Å². The molecular formula is C38H64O11. The fourth-order valence-electron chi connectivity index (χ4n) is 13.5. The highest BCUT2D eigenvalue weighted by Gasteiger charge is 2.85. The monoisotopic (exact) mass is 696 g/mol. The van der Waals surface area contributed by atoms with Crippen LogP contribution in [0, 0.1) is 50.7 Å². The van der Waals surface area contributed by atoms with Crippen molar-refractivity contribution in [3.05, 3.63) is 0 Å². The number of aliphatic hydroxyl groups excluding tert-OH is 6. The Morgan fingerprint density at radius 2 is 1.61 bits per heavy atom. The minimum absolute atomic E-state index is 0.0295. The maximum atomic E-state index is 12.2. The lowest BCUT2D eigenvalue weighted by Crippen LogP contribution is -2.68. The van der Waals surface area contributed by atoms with E-state index in [1.54, 1.807) is 0 Å². The van der Waals surface area contributed by atoms with Gasteiger partial charge in [-0.05, 0) is 112 Å². The molecule has 0 aromatic rings. The van der Waals surface area contributed by atoms with Crippen molar-refractivity contribution < 1.29 is 54.8 Å². The normalized spacial score (nSPS) is 50.6. The number of hydrogen-bond donors (Lipinski definition) is 7. The van der Waals surface area contributed by atoms with Gasteiger partial charge in [-0.1, -0.05) is 34.6 Å². The Kier molecular flexibility index (Phi) is 9.53. The molecule has 1 aliphatic heterocycles. The Balaban J connectivity index is 1.36. The summed E-state index contributed by atoms with van der Waals surface area (Å²) in [6.45, 7) is 15.3. The van der Waals surface area contributed by atoms with E-state index in [1.165, 1.54) is 20.8 Å². The van der Waals surface area contributed by atoms with Crippen LogP contribution in [0.25, 0.3) is 0 Å². The standard InChI is InChI=1S/C38H64O11/c1-19(15-22(41)31(45)34(5,6)46)21-9-14-38-18-37(21,38)13-10-24-35(7)12-11-26(47-20(2)40)33(3,4)25(35)16-27(36(24,38)8)49-32-30(44)29(43)28(42)23(17-39)48-32/h19,21-32,39,41-46H,9-18H2,1-8H3/t19-,21-,22-,23-,24+,25+,26+,27+,28-,29+,30-,31-,32+,35+,36-,37+,38+/m0/s1. The van der Waals surface area contributed by atoms with Gasteiger partial charge in [-0.25, -0.2) is 0 Å². The second kappa shape index (κ2) is 12.3. The molecule has 7 N–H and O–H groups in total. The molecule has 0 unspecified atom stereocenters. The number of ether oxygens (including phenoxy) is 3. The Morgan fingerprint density at radius 3 is 2.22 bits per heavy atom. The third kappa shape index (κ3) is 5.41. The van der Waals surface area contributed by atoms with Crippen molar-refractivity contribution in [2.75, 3.05) is 6.61 Å². The van der Waals surface area contributed by atoms with E-state index < -0.39 is 61.2 Å². The van der Waals surface area contributed by atoms with Crippen LogP contribution in [0.1, 0.15) is 113 Å². The van der Waals surface area contributed by atoms with Crippen LogP contribution in [0.5, 0.6) is 0 Å². The van der Waals surface area contributed by atoms with E-state index in [0.717, 1.165) is 44.9 Å². The van der Waals surface area contributed by atoms with Crippen LogP contribution >= 0.6 is 0 Å². The summed E-state index contributed by atoms with van der Waals surface area (Å²) in [5, 5.41) is 74.4. The van der Waals surface area contributed by atoms with Gasteiger partial charge in [0.05, 0.1) is 24.4 Å². The number of hydrogen-bond acceptors (Lipinski definition) is 11. The molecule has 11 nitrogen and oxygen atoms in total. The Morgan fingerprint density at radius 1 is 0.939 bits per heavy atom. The summed E-state index contributed by atoms with van der Waals surface area (Å²) in [7, 11) is 0. The first-order valence-corrected chi connectivity index (χ1v) is 18.8. The van der Waals surface area contributed by atoms with Gasteiger partial charge in [-0.15, -0.1) is 0 Å². The van der Waals surface area contributed by atoms with E-state index in [2.05, 4.69) is 34.6 Å². The predicted octanol–water partition coefficient (Wildman–Crippen LogP) is 2.67. The second-order valence-electron chi connectivity index (χ2n) is 18.9. The van der Waals surface area contributed by atoms with Gasteiger partial charge in [0.15, 0.2) is 6.29 Å². The van der Waals surface area contributed by atoms with Gasteiger partial charge < -0.3 is 50.0 Å². The van der Waals surface area contributed by atoms with E-state index in [1.807, 2.05) is 0 Å². The fourth-order valence-corrected chi connectivity index (χ4v) is 13.5. The van der Waals surface area contributed by atoms with Gasteiger partial charge in [-0.3, -0.25) is 4.79 Å². The minimum atomic E-state index is -1.54. The average Bonchev–Trinajstić information content (AvgIpc) is 3.58. The van der Waals surface area contributed by atoms with Crippen molar-refractivity contribution >= 4 is 5.97 Å². The van der Waals surface area contributed by atoms with E-state index in [9.17, 15) is 40.5 Å². The molecule has 0 bridgehead atoms. The van der Waals surface area contributed by atoms with E-state index in [0.29, 0.717) is 18.8 Å². The van der Waals surface area contributed by atoms with Crippen LogP contribution in [0.15, 0.2) is 0 Å². The molecular weight excluding hydrogens is 632 g/mol. The fraction of sp³-hybridized carbons (Fsp3) is 0.974. The second-order valence-corrected chi connectivity index (χ2v) is 18.9. The molecule has 0 amide bonds. The third-order valence-electron chi connectivity index (χ3n) is 15.9. The Bertz CT molecular complexity index is 1250. The number of rotatable bonds is 9. The smallest absolute Gasteiger partial charge is 0.302 e. The highest BCUT2D eigenvalue weighted by molar-refractivity contribution is 5.66. The summed E-state index contributed by atoms with van der Waals surface area (Å²) in [6, 6.07) is 0. The first-order chi connectivity index (χ1) is 22.6. The topological polar surface area (TPSA) is 186 Å². The van der Waals surface area contributed by atoms with Gasteiger partial charge in [0.1, 0.15) is 36.6 Å². The van der Waals surface area contributed by atoms with E-state index in [-0.39, 0.29) is 56.9 Å². The van der Waals surface area contributed by atoms with Crippen LogP contribution in [0.3, 0.4) is 0 Å². The molecule has 0 radical (unpaired) electrons. The molecule has 11 heteroatoms. The number of carbonyl (C=O) groups excluding carboxylic acids is 1. The van der Waals surface area contributed by atoms with Gasteiger partial charge in [0.25, 0.3) is 0 Å². The van der Waals surface area contributed by atoms with Crippen molar-refractivity contribution in [3.63, 3.8) is 0 Å². The number of fused-ring (bicyclic) bond motifs is 3. The SMILES string of the molecule is CC(=O)O[C@@H]1CC[C@@]2(C)[C@H](C[C@@H](O[C@H]3O[C@@H](CO)[C@H](O)[C@@H](O)[C@@H]3O)[C@]3(C)[C@@H]2CC[C@]24C[C@@]23CC[C@H]4[C@@H](C)C[C@H](O)[C@H](O)C(C)(C)O)C1(C)C. The summed E-state index contributed by atoms with van der Waals surface area (Å²) < 4.78 is 18.9. The zero-order valence-electron chi connectivity index (χ0n) is 30.8. The molecule has 0 spiro atoms. The molecule has 0 aromatic carbocycles. The third-order valence-corrected chi connectivity index (χ3v) is 15.9. The van der Waals surface area contributed by atoms with Crippen molar-refractivity contribution in [2.24, 2.45) is 50.7 Å². The van der Waals surface area contributed by atoms with Gasteiger partial charge in [0, 0.05) is 17.8 Å².